The van der Waals surface area contributed by atoms with Gasteiger partial charge in [-0.1, -0.05) is 37.1 Å². The highest BCUT2D eigenvalue weighted by Crippen LogP contribution is 2.33. The average molecular weight is 483 g/mol. The number of rotatable bonds is 6. The average Bonchev–Trinajstić information content (AvgIpc) is 3.11. The first-order valence-corrected chi connectivity index (χ1v) is 12.8. The van der Waals surface area contributed by atoms with Gasteiger partial charge in [-0.3, -0.25) is 14.3 Å². The van der Waals surface area contributed by atoms with E-state index in [2.05, 4.69) is 4.72 Å². The van der Waals surface area contributed by atoms with Crippen LogP contribution in [0.3, 0.4) is 0 Å². The van der Waals surface area contributed by atoms with E-state index < -0.39 is 32.5 Å². The molecule has 178 valence electrons. The highest BCUT2D eigenvalue weighted by molar-refractivity contribution is 7.97. The highest BCUT2D eigenvalue weighted by atomic mass is 32.2. The molecule has 8 nitrogen and oxygen atoms in total. The molecule has 1 aliphatic carbocycles. The normalized spacial score (nSPS) is 16.7. The molecular formula is C25H26N2O6S. The first-order valence-electron chi connectivity index (χ1n) is 11.3. The number of nitrogens with zero attached hydrogens (tertiary/aromatic N) is 1. The third-order valence-corrected chi connectivity index (χ3v) is 7.31. The summed E-state index contributed by atoms with van der Waals surface area (Å²) in [7, 11) is -4.41. The molecule has 2 aromatic rings. The van der Waals surface area contributed by atoms with Crippen molar-refractivity contribution in [1.82, 2.24) is 4.90 Å². The van der Waals surface area contributed by atoms with Gasteiger partial charge >= 0.3 is 5.97 Å². The number of allylic oxidation sites excluding steroid dienone is 2. The molecule has 4 rings (SSSR count). The largest absolute Gasteiger partial charge is 0.462 e. The standard InChI is InChI=1S/C25H26N2O6S/c1-2-33-25(30)17-11-13-18(14-12-17)26-34(31,32)24-21(27-15-7-3-4-8-16-27)22(28)19-9-5-6-10-20(19)23(24)29/h5-6,9-14,26H,2-4,7-8,15-16H2,1H3. The Labute approximate surface area is 198 Å². The molecule has 0 amide bonds. The minimum absolute atomic E-state index is 0.0683. The summed E-state index contributed by atoms with van der Waals surface area (Å²) in [4.78, 5) is 40.0. The number of fused-ring (bicyclic) bond motifs is 1. The molecule has 0 bridgehead atoms. The topological polar surface area (TPSA) is 110 Å². The van der Waals surface area contributed by atoms with Crippen LogP contribution >= 0.6 is 0 Å². The van der Waals surface area contributed by atoms with E-state index in [0.29, 0.717) is 13.1 Å². The molecule has 2 aliphatic rings. The fraction of sp³-hybridized carbons (Fsp3) is 0.320. The Kier molecular flexibility index (Phi) is 6.83. The lowest BCUT2D eigenvalue weighted by atomic mass is 9.91. The Morgan fingerprint density at radius 3 is 2.09 bits per heavy atom. The Bertz CT molecular complexity index is 1260. The molecule has 1 N–H and O–H groups in total. The molecule has 0 atom stereocenters. The first kappa shape index (κ1) is 23.7. The van der Waals surface area contributed by atoms with Crippen LogP contribution < -0.4 is 4.72 Å². The molecule has 1 heterocycles. The maximum atomic E-state index is 13.5. The third-order valence-electron chi connectivity index (χ3n) is 5.89. The van der Waals surface area contributed by atoms with Crippen molar-refractivity contribution < 1.29 is 27.5 Å². The Morgan fingerprint density at radius 2 is 1.50 bits per heavy atom. The minimum atomic E-state index is -4.41. The van der Waals surface area contributed by atoms with Gasteiger partial charge < -0.3 is 9.64 Å². The smallest absolute Gasteiger partial charge is 0.338 e. The Hall–Kier alpha value is -3.46. The van der Waals surface area contributed by atoms with E-state index in [1.165, 1.54) is 30.3 Å². The van der Waals surface area contributed by atoms with Gasteiger partial charge in [0.25, 0.3) is 10.0 Å². The van der Waals surface area contributed by atoms with E-state index in [1.807, 2.05) is 0 Å². The van der Waals surface area contributed by atoms with Gasteiger partial charge in [0.1, 0.15) is 5.70 Å². The second-order valence-electron chi connectivity index (χ2n) is 8.19. The molecule has 34 heavy (non-hydrogen) atoms. The van der Waals surface area contributed by atoms with Crippen LogP contribution in [0.25, 0.3) is 0 Å². The number of ketones is 2. The lowest BCUT2D eigenvalue weighted by Crippen LogP contribution is -2.38. The van der Waals surface area contributed by atoms with Gasteiger partial charge in [0, 0.05) is 29.9 Å². The maximum Gasteiger partial charge on any atom is 0.338 e. The zero-order valence-electron chi connectivity index (χ0n) is 18.9. The number of benzene rings is 2. The molecule has 0 radical (unpaired) electrons. The van der Waals surface area contributed by atoms with E-state index >= 15 is 0 Å². The zero-order chi connectivity index (χ0) is 24.3. The predicted octanol–water partition coefficient (Wildman–Crippen LogP) is 3.77. The monoisotopic (exact) mass is 482 g/mol. The highest BCUT2D eigenvalue weighted by Gasteiger charge is 2.41. The van der Waals surface area contributed by atoms with Crippen molar-refractivity contribution in [1.29, 1.82) is 0 Å². The molecule has 1 aliphatic heterocycles. The van der Waals surface area contributed by atoms with Gasteiger partial charge in [-0.15, -0.1) is 0 Å². The molecule has 1 saturated heterocycles. The van der Waals surface area contributed by atoms with Gasteiger partial charge in [-0.25, -0.2) is 13.2 Å². The number of hydrogen-bond acceptors (Lipinski definition) is 7. The van der Waals surface area contributed by atoms with E-state index in [-0.39, 0.29) is 34.7 Å². The Morgan fingerprint density at radius 1 is 0.912 bits per heavy atom. The molecule has 0 unspecified atom stereocenters. The van der Waals surface area contributed by atoms with Crippen LogP contribution in [-0.2, 0) is 14.8 Å². The number of carbonyl (C=O) groups is 3. The second kappa shape index (κ2) is 9.80. The molecule has 9 heteroatoms. The molecule has 0 aromatic heterocycles. The second-order valence-corrected chi connectivity index (χ2v) is 9.81. The van der Waals surface area contributed by atoms with Gasteiger partial charge in [0.15, 0.2) is 4.91 Å². The SMILES string of the molecule is CCOC(=O)c1ccc(NS(=O)(=O)C2=C(N3CCCCCC3)C(=O)c3ccccc3C2=O)cc1. The van der Waals surface area contributed by atoms with E-state index in [4.69, 9.17) is 4.74 Å². The summed E-state index contributed by atoms with van der Waals surface area (Å²) in [6.45, 7) is 2.92. The van der Waals surface area contributed by atoms with Crippen molar-refractivity contribution in [3.8, 4) is 0 Å². The van der Waals surface area contributed by atoms with Crippen LogP contribution in [0.1, 0.15) is 63.7 Å². The summed E-state index contributed by atoms with van der Waals surface area (Å²) in [5.41, 5.74) is 0.650. The summed E-state index contributed by atoms with van der Waals surface area (Å²) in [5, 5.41) is 0. The molecule has 0 saturated carbocycles. The first-order chi connectivity index (χ1) is 16.3. The number of Topliss-reactive ketones (excluding diaryl/α,β-unsaturated/α-hetero) is 2. The maximum absolute atomic E-state index is 13.5. The van der Waals surface area contributed by atoms with Crippen molar-refractivity contribution >= 4 is 33.2 Å². The van der Waals surface area contributed by atoms with Crippen LogP contribution in [0.2, 0.25) is 0 Å². The van der Waals surface area contributed by atoms with Crippen LogP contribution in [0, 0.1) is 0 Å². The number of hydrogen-bond donors (Lipinski definition) is 1. The van der Waals surface area contributed by atoms with Gasteiger partial charge in [0.05, 0.1) is 12.2 Å². The van der Waals surface area contributed by atoms with Gasteiger partial charge in [-0.05, 0) is 44.0 Å². The lowest BCUT2D eigenvalue weighted by Gasteiger charge is -2.30. The van der Waals surface area contributed by atoms with Crippen molar-refractivity contribution in [2.75, 3.05) is 24.4 Å². The van der Waals surface area contributed by atoms with E-state index in [0.717, 1.165) is 25.7 Å². The van der Waals surface area contributed by atoms with Gasteiger partial charge in [-0.2, -0.15) is 0 Å². The Balaban J connectivity index is 1.75. The number of sulfonamides is 1. The summed E-state index contributed by atoms with van der Waals surface area (Å²) >= 11 is 0. The number of esters is 1. The summed E-state index contributed by atoms with van der Waals surface area (Å²) in [6, 6.07) is 12.0. The molecule has 2 aromatic carbocycles. The number of ether oxygens (including phenoxy) is 1. The van der Waals surface area contributed by atoms with Crippen molar-refractivity contribution in [2.24, 2.45) is 0 Å². The molecule has 1 fully saturated rings. The summed E-state index contributed by atoms with van der Waals surface area (Å²) in [5.74, 6) is -1.69. The van der Waals surface area contributed by atoms with E-state index in [1.54, 1.807) is 30.0 Å². The van der Waals surface area contributed by atoms with E-state index in [9.17, 15) is 22.8 Å². The van der Waals surface area contributed by atoms with Crippen molar-refractivity contribution in [2.45, 2.75) is 32.6 Å². The van der Waals surface area contributed by atoms with Crippen LogP contribution in [0.4, 0.5) is 5.69 Å². The van der Waals surface area contributed by atoms with Crippen LogP contribution in [0.5, 0.6) is 0 Å². The van der Waals surface area contributed by atoms with Crippen LogP contribution in [-0.4, -0.2) is 50.5 Å². The van der Waals surface area contributed by atoms with Gasteiger partial charge in [0.2, 0.25) is 11.6 Å². The number of carbonyl (C=O) groups excluding carboxylic acids is 3. The zero-order valence-corrected chi connectivity index (χ0v) is 19.7. The minimum Gasteiger partial charge on any atom is -0.462 e. The summed E-state index contributed by atoms with van der Waals surface area (Å²) in [6.07, 6.45) is 3.58. The van der Waals surface area contributed by atoms with Crippen molar-refractivity contribution in [3.63, 3.8) is 0 Å². The summed E-state index contributed by atoms with van der Waals surface area (Å²) < 4.78 is 34.4. The molecule has 0 spiro atoms. The fourth-order valence-electron chi connectivity index (χ4n) is 4.27. The number of anilines is 1. The molecular weight excluding hydrogens is 456 g/mol. The van der Waals surface area contributed by atoms with Crippen molar-refractivity contribution in [3.05, 3.63) is 75.8 Å². The number of likely N-dealkylation sites (tertiary alicyclic amines) is 1. The van der Waals surface area contributed by atoms with Crippen LogP contribution in [0.15, 0.2) is 59.1 Å². The number of nitrogens with one attached hydrogen (secondary N) is 1. The lowest BCUT2D eigenvalue weighted by molar-refractivity contribution is 0.0526. The predicted molar refractivity (Wildman–Crippen MR) is 127 cm³/mol. The quantitative estimate of drug-likeness (QED) is 0.624. The fourth-order valence-corrected chi connectivity index (χ4v) is 5.64. The third kappa shape index (κ3) is 4.61.